The molecule has 0 unspecified atom stereocenters. The number of hydrazone groups is 1. The fourth-order valence-corrected chi connectivity index (χ4v) is 4.76. The highest BCUT2D eigenvalue weighted by Crippen LogP contribution is 2.38. The zero-order valence-electron chi connectivity index (χ0n) is 23.2. The van der Waals surface area contributed by atoms with E-state index < -0.39 is 41.1 Å². The van der Waals surface area contributed by atoms with Gasteiger partial charge >= 0.3 is 12.1 Å². The highest BCUT2D eigenvalue weighted by atomic mass is 35.5. The lowest BCUT2D eigenvalue weighted by Crippen LogP contribution is -2.58. The summed E-state index contributed by atoms with van der Waals surface area (Å²) in [5.41, 5.74) is 2.58. The minimum atomic E-state index is -1.31. The smallest absolute Gasteiger partial charge is 0.306 e. The highest BCUT2D eigenvalue weighted by Gasteiger charge is 2.56. The topological polar surface area (TPSA) is 161 Å². The van der Waals surface area contributed by atoms with Crippen molar-refractivity contribution in [2.45, 2.75) is 32.5 Å². The van der Waals surface area contributed by atoms with Gasteiger partial charge in [-0.3, -0.25) is 25.0 Å². The Morgan fingerprint density at radius 1 is 1.02 bits per heavy atom. The van der Waals surface area contributed by atoms with Crippen molar-refractivity contribution < 1.29 is 24.5 Å². The van der Waals surface area contributed by atoms with Gasteiger partial charge in [0.2, 0.25) is 0 Å². The number of anilines is 2. The van der Waals surface area contributed by atoms with Gasteiger partial charge in [0.15, 0.2) is 6.17 Å². The number of non-ortho nitro benzene ring substituents is 1. The van der Waals surface area contributed by atoms with Crippen molar-refractivity contribution in [2.75, 3.05) is 16.8 Å². The first-order chi connectivity index (χ1) is 20.3. The van der Waals surface area contributed by atoms with Gasteiger partial charge in [-0.15, -0.1) is 0 Å². The second-order valence-electron chi connectivity index (χ2n) is 10.1. The van der Waals surface area contributed by atoms with Crippen LogP contribution in [0.25, 0.3) is 0 Å². The zero-order chi connectivity index (χ0) is 31.5. The van der Waals surface area contributed by atoms with Crippen LogP contribution in [0.3, 0.4) is 0 Å². The van der Waals surface area contributed by atoms with Gasteiger partial charge in [0.05, 0.1) is 16.2 Å². The second-order valence-corrected chi connectivity index (χ2v) is 10.9. The third-order valence-electron chi connectivity index (χ3n) is 6.80. The van der Waals surface area contributed by atoms with E-state index >= 15 is 0 Å². The average molecular weight is 628 g/mol. The van der Waals surface area contributed by atoms with E-state index in [2.05, 4.69) is 15.8 Å². The third kappa shape index (κ3) is 6.85. The number of nitro benzene ring substituents is 1. The van der Waals surface area contributed by atoms with Crippen LogP contribution >= 0.6 is 23.2 Å². The molecule has 0 aliphatic carbocycles. The molecule has 1 fully saturated rings. The molecule has 1 atom stereocenters. The summed E-state index contributed by atoms with van der Waals surface area (Å²) in [6.45, 7) is 4.33. The number of carbonyl (C=O) groups is 3. The number of nitrogens with zero attached hydrogens (tertiary/aromatic N) is 5. The van der Waals surface area contributed by atoms with Gasteiger partial charge in [0.25, 0.3) is 11.6 Å². The number of nitrogens with one attached hydrogen (secondary N) is 2. The molecule has 1 heterocycles. The molecular formula is C28H27Cl2N7O6. The third-order valence-corrected chi connectivity index (χ3v) is 7.30. The number of benzene rings is 3. The van der Waals surface area contributed by atoms with Crippen LogP contribution in [0.2, 0.25) is 10.0 Å². The number of carbonyl (C=O) groups excluding carboxylic acids is 3. The van der Waals surface area contributed by atoms with Crippen molar-refractivity contribution in [2.24, 2.45) is 5.10 Å². The first kappa shape index (κ1) is 31.2. The molecule has 5 amide bonds. The molecule has 1 saturated heterocycles. The summed E-state index contributed by atoms with van der Waals surface area (Å²) in [5, 5.41) is 29.9. The molecule has 0 saturated carbocycles. The number of hydroxylamine groups is 2. The summed E-state index contributed by atoms with van der Waals surface area (Å²) in [6, 6.07) is 16.5. The summed E-state index contributed by atoms with van der Waals surface area (Å²) in [6.07, 6.45) is -1.29. The lowest BCUT2D eigenvalue weighted by Gasteiger charge is -2.38. The van der Waals surface area contributed by atoms with Crippen LogP contribution in [0.4, 0.5) is 26.7 Å². The summed E-state index contributed by atoms with van der Waals surface area (Å²) in [7, 11) is 0. The quantitative estimate of drug-likeness (QED) is 0.125. The average Bonchev–Trinajstić information content (AvgIpc) is 3.17. The van der Waals surface area contributed by atoms with Crippen molar-refractivity contribution in [3.8, 4) is 0 Å². The van der Waals surface area contributed by atoms with E-state index in [9.17, 15) is 29.7 Å². The molecule has 43 heavy (non-hydrogen) atoms. The van der Waals surface area contributed by atoms with Crippen LogP contribution in [-0.2, 0) is 4.79 Å². The van der Waals surface area contributed by atoms with Crippen LogP contribution < -0.4 is 15.6 Å². The van der Waals surface area contributed by atoms with E-state index in [-0.39, 0.29) is 5.69 Å². The molecular weight excluding hydrogens is 601 g/mol. The van der Waals surface area contributed by atoms with Gasteiger partial charge in [-0.2, -0.15) is 10.2 Å². The Morgan fingerprint density at radius 2 is 1.58 bits per heavy atom. The van der Waals surface area contributed by atoms with Crippen molar-refractivity contribution in [3.05, 3.63) is 98.5 Å². The van der Waals surface area contributed by atoms with E-state index in [1.54, 1.807) is 69.3 Å². The van der Waals surface area contributed by atoms with Crippen molar-refractivity contribution in [1.82, 2.24) is 15.4 Å². The van der Waals surface area contributed by atoms with E-state index in [0.717, 1.165) is 0 Å². The van der Waals surface area contributed by atoms with Crippen LogP contribution in [0.15, 0.2) is 77.9 Å². The maximum atomic E-state index is 13.8. The van der Waals surface area contributed by atoms with Gasteiger partial charge in [0, 0.05) is 33.6 Å². The van der Waals surface area contributed by atoms with Crippen LogP contribution in [0.1, 0.15) is 26.3 Å². The Labute approximate surface area is 256 Å². The largest absolute Gasteiger partial charge is 0.347 e. The maximum absolute atomic E-state index is 13.8. The Hall–Kier alpha value is -4.72. The monoisotopic (exact) mass is 627 g/mol. The molecule has 4 rings (SSSR count). The number of urea groups is 2. The summed E-state index contributed by atoms with van der Waals surface area (Å²) < 4.78 is 0. The molecule has 1 aliphatic heterocycles. The molecule has 0 radical (unpaired) electrons. The summed E-state index contributed by atoms with van der Waals surface area (Å²) in [5.74, 6) is -0.658. The van der Waals surface area contributed by atoms with E-state index in [4.69, 9.17) is 23.2 Å². The maximum Gasteiger partial charge on any atom is 0.347 e. The summed E-state index contributed by atoms with van der Waals surface area (Å²) >= 11 is 12.0. The lowest BCUT2D eigenvalue weighted by atomic mass is 9.99. The Kier molecular flexibility index (Phi) is 9.19. The van der Waals surface area contributed by atoms with Gasteiger partial charge < -0.3 is 10.2 Å². The predicted molar refractivity (Wildman–Crippen MR) is 161 cm³/mol. The van der Waals surface area contributed by atoms with Crippen molar-refractivity contribution in [1.29, 1.82) is 0 Å². The minimum absolute atomic E-state index is 0.0880. The minimum Gasteiger partial charge on any atom is -0.306 e. The molecule has 3 aromatic carbocycles. The predicted octanol–water partition coefficient (Wildman–Crippen LogP) is 5.71. The van der Waals surface area contributed by atoms with Gasteiger partial charge in [-0.25, -0.2) is 15.0 Å². The van der Waals surface area contributed by atoms with Crippen LogP contribution in [-0.4, -0.2) is 62.0 Å². The van der Waals surface area contributed by atoms with Crippen LogP contribution in [0, 0.1) is 10.1 Å². The normalized spacial score (nSPS) is 16.2. The van der Waals surface area contributed by atoms with E-state index in [1.165, 1.54) is 34.1 Å². The van der Waals surface area contributed by atoms with Crippen LogP contribution in [0.5, 0.6) is 0 Å². The second kappa shape index (κ2) is 12.7. The molecule has 0 bridgehead atoms. The Bertz CT molecular complexity index is 1560. The zero-order valence-corrected chi connectivity index (χ0v) is 24.7. The summed E-state index contributed by atoms with van der Waals surface area (Å²) in [4.78, 5) is 52.7. The number of hydrogen-bond acceptors (Lipinski definition) is 7. The lowest BCUT2D eigenvalue weighted by molar-refractivity contribution is -0.384. The molecule has 0 aromatic heterocycles. The number of nitro groups is 1. The Balaban J connectivity index is 1.57. The standard InChI is InChI=1S/C28H27Cl2N7O6/c1-17(18-4-12-23(13-5-18)37(42)43)32-33-24(38)16-34-27(40)35(22-14-8-20(30)9-15-22)25(28(34,2)3)36(41)26(39)31-21-10-6-19(29)7-11-21/h4-15,25,41H,16H2,1-3H3,(H,31,39)(H,33,38)/b32-17+/t25-/m1/s1. The first-order valence-electron chi connectivity index (χ1n) is 12.8. The van der Waals surface area contributed by atoms with E-state index in [0.29, 0.717) is 37.8 Å². The molecule has 13 nitrogen and oxygen atoms in total. The molecule has 3 aromatic rings. The molecule has 0 spiro atoms. The van der Waals surface area contributed by atoms with Gasteiger partial charge in [0.1, 0.15) is 6.54 Å². The fourth-order valence-electron chi connectivity index (χ4n) is 4.51. The highest BCUT2D eigenvalue weighted by molar-refractivity contribution is 6.31. The van der Waals surface area contributed by atoms with E-state index in [1.807, 2.05) is 0 Å². The number of rotatable bonds is 8. The number of halogens is 2. The van der Waals surface area contributed by atoms with Gasteiger partial charge in [-0.05, 0) is 87.0 Å². The van der Waals surface area contributed by atoms with Crippen molar-refractivity contribution in [3.63, 3.8) is 0 Å². The van der Waals surface area contributed by atoms with Gasteiger partial charge in [-0.1, -0.05) is 23.2 Å². The Morgan fingerprint density at radius 3 is 2.14 bits per heavy atom. The molecule has 1 aliphatic rings. The molecule has 15 heteroatoms. The molecule has 224 valence electrons. The molecule has 3 N–H and O–H groups in total. The fraction of sp³-hybridized carbons (Fsp3) is 0.214. The first-order valence-corrected chi connectivity index (χ1v) is 13.5. The SMILES string of the molecule is C/C(=N\NC(=O)CN1C(=O)N(c2ccc(Cl)cc2)[C@H](N(O)C(=O)Nc2ccc(Cl)cc2)C1(C)C)c1ccc([N+](=O)[O-])cc1. The number of amides is 5. The van der Waals surface area contributed by atoms with Crippen molar-refractivity contribution >= 4 is 63.9 Å². The number of hydrogen-bond donors (Lipinski definition) is 3.